The summed E-state index contributed by atoms with van der Waals surface area (Å²) in [6, 6.07) is 0.311. The highest BCUT2D eigenvalue weighted by molar-refractivity contribution is 5.79. The van der Waals surface area contributed by atoms with Crippen LogP contribution in [0.2, 0.25) is 0 Å². The van der Waals surface area contributed by atoms with Crippen molar-refractivity contribution in [3.8, 4) is 0 Å². The smallest absolute Gasteiger partial charge is 0.141 e. The molecule has 1 heterocycles. The van der Waals surface area contributed by atoms with Crippen LogP contribution in [0, 0.1) is 11.3 Å². The largest absolute Gasteiger partial charge is 0.387 e. The van der Waals surface area contributed by atoms with Crippen molar-refractivity contribution in [2.24, 2.45) is 11.7 Å². The highest BCUT2D eigenvalue weighted by Gasteiger charge is 2.13. The Morgan fingerprint density at radius 1 is 1.53 bits per heavy atom. The number of nitrogens with two attached hydrogens (primary N) is 1. The fourth-order valence-electron chi connectivity index (χ4n) is 1.69. The monoisotopic (exact) mass is 238 g/mol. The van der Waals surface area contributed by atoms with Crippen molar-refractivity contribution in [2.75, 3.05) is 13.6 Å². The molecule has 0 radical (unpaired) electrons. The molecule has 1 rings (SSSR count). The number of nitrogens with zero attached hydrogens (tertiary/aromatic N) is 4. The van der Waals surface area contributed by atoms with Gasteiger partial charge < -0.3 is 5.73 Å². The molecule has 0 fully saturated rings. The third-order valence-corrected chi connectivity index (χ3v) is 2.66. The minimum absolute atomic E-state index is 0.0652. The molecule has 0 saturated heterocycles. The van der Waals surface area contributed by atoms with Crippen LogP contribution >= 0.6 is 0 Å². The highest BCUT2D eigenvalue weighted by Crippen LogP contribution is 2.08. The lowest BCUT2D eigenvalue weighted by molar-refractivity contribution is 0.288. The molecule has 0 spiro atoms. The zero-order valence-corrected chi connectivity index (χ0v) is 11.0. The van der Waals surface area contributed by atoms with E-state index in [-0.39, 0.29) is 11.8 Å². The molecule has 1 atom stereocenters. The minimum Gasteiger partial charge on any atom is -0.387 e. The predicted octanol–water partition coefficient (Wildman–Crippen LogP) is 0.863. The van der Waals surface area contributed by atoms with E-state index in [0.29, 0.717) is 6.04 Å². The number of hydrogen-bond acceptors (Lipinski definition) is 4. The molecule has 3 N–H and O–H groups in total. The van der Waals surface area contributed by atoms with Crippen molar-refractivity contribution in [3.63, 3.8) is 0 Å². The fourth-order valence-corrected chi connectivity index (χ4v) is 1.69. The van der Waals surface area contributed by atoms with Crippen LogP contribution in [-0.2, 0) is 6.54 Å². The van der Waals surface area contributed by atoms with E-state index in [1.807, 2.05) is 18.7 Å². The van der Waals surface area contributed by atoms with Gasteiger partial charge in [-0.2, -0.15) is 5.10 Å². The Morgan fingerprint density at radius 2 is 2.18 bits per heavy atom. The first-order valence-corrected chi connectivity index (χ1v) is 5.82. The van der Waals surface area contributed by atoms with E-state index in [1.165, 1.54) is 0 Å². The quantitative estimate of drug-likeness (QED) is 0.569. The summed E-state index contributed by atoms with van der Waals surface area (Å²) in [5.41, 5.74) is 5.46. The normalized spacial score (nSPS) is 13.3. The molecule has 1 aromatic heterocycles. The Labute approximate surface area is 102 Å². The molecule has 1 aromatic rings. The topological polar surface area (TPSA) is 83.8 Å². The van der Waals surface area contributed by atoms with Gasteiger partial charge in [-0.05, 0) is 20.9 Å². The lowest BCUT2D eigenvalue weighted by atomic mass is 10.1. The molecule has 0 aliphatic heterocycles. The number of amidine groups is 1. The van der Waals surface area contributed by atoms with Crippen LogP contribution < -0.4 is 5.73 Å². The molecule has 6 heteroatoms. The Balaban J connectivity index is 2.59. The van der Waals surface area contributed by atoms with Gasteiger partial charge in [0.1, 0.15) is 12.2 Å². The van der Waals surface area contributed by atoms with Gasteiger partial charge >= 0.3 is 0 Å². The molecule has 0 aliphatic carbocycles. The standard InChI is InChI=1S/C11H22N6/c1-8(2)17-10(14-7-15-17)6-16(4)5-9(3)11(12)13/h7-9H,5-6H2,1-4H3,(H3,12,13). The van der Waals surface area contributed by atoms with E-state index in [0.717, 1.165) is 18.9 Å². The summed E-state index contributed by atoms with van der Waals surface area (Å²) in [6.07, 6.45) is 1.58. The van der Waals surface area contributed by atoms with Crippen LogP contribution in [0.4, 0.5) is 0 Å². The first-order valence-electron chi connectivity index (χ1n) is 5.82. The van der Waals surface area contributed by atoms with Gasteiger partial charge in [-0.25, -0.2) is 9.67 Å². The van der Waals surface area contributed by atoms with E-state index in [1.54, 1.807) is 6.33 Å². The van der Waals surface area contributed by atoms with Gasteiger partial charge in [0.05, 0.1) is 12.4 Å². The van der Waals surface area contributed by atoms with Crippen molar-refractivity contribution in [1.82, 2.24) is 19.7 Å². The summed E-state index contributed by atoms with van der Waals surface area (Å²) in [5.74, 6) is 1.23. The zero-order chi connectivity index (χ0) is 13.0. The summed E-state index contributed by atoms with van der Waals surface area (Å²) >= 11 is 0. The number of rotatable bonds is 6. The molecule has 0 amide bonds. The lowest BCUT2D eigenvalue weighted by Gasteiger charge is -2.20. The van der Waals surface area contributed by atoms with Gasteiger partial charge in [-0.15, -0.1) is 0 Å². The molecule has 96 valence electrons. The van der Waals surface area contributed by atoms with Crippen LogP contribution in [0.1, 0.15) is 32.6 Å². The Bertz CT molecular complexity index is 370. The molecule has 1 unspecified atom stereocenters. The summed E-state index contributed by atoms with van der Waals surface area (Å²) in [4.78, 5) is 6.36. The Hall–Kier alpha value is -1.43. The Kier molecular flexibility index (Phi) is 4.62. The average molecular weight is 238 g/mol. The molecular formula is C11H22N6. The van der Waals surface area contributed by atoms with Crippen LogP contribution in [0.25, 0.3) is 0 Å². The van der Waals surface area contributed by atoms with E-state index in [4.69, 9.17) is 11.1 Å². The zero-order valence-electron chi connectivity index (χ0n) is 11.0. The van der Waals surface area contributed by atoms with Gasteiger partial charge in [-0.3, -0.25) is 10.3 Å². The van der Waals surface area contributed by atoms with Gasteiger partial charge in [0.15, 0.2) is 0 Å². The molecule has 0 saturated carbocycles. The third kappa shape index (κ3) is 3.81. The second-order valence-corrected chi connectivity index (χ2v) is 4.77. The first-order chi connectivity index (χ1) is 7.91. The van der Waals surface area contributed by atoms with Gasteiger partial charge in [-0.1, -0.05) is 6.92 Å². The minimum atomic E-state index is 0.0652. The number of nitrogens with one attached hydrogen (secondary N) is 1. The van der Waals surface area contributed by atoms with E-state index >= 15 is 0 Å². The second kappa shape index (κ2) is 5.77. The Morgan fingerprint density at radius 3 is 2.71 bits per heavy atom. The molecule has 17 heavy (non-hydrogen) atoms. The molecule has 0 bridgehead atoms. The van der Waals surface area contributed by atoms with Crippen LogP contribution in [0.15, 0.2) is 6.33 Å². The fraction of sp³-hybridized carbons (Fsp3) is 0.727. The SMILES string of the molecule is CC(CN(C)Cc1ncnn1C(C)C)C(=N)N. The summed E-state index contributed by atoms with van der Waals surface area (Å²) in [5, 5.41) is 11.6. The van der Waals surface area contributed by atoms with Gasteiger partial charge in [0.2, 0.25) is 0 Å². The molecule has 0 aliphatic rings. The van der Waals surface area contributed by atoms with Crippen molar-refractivity contribution >= 4 is 5.84 Å². The van der Waals surface area contributed by atoms with Crippen molar-refractivity contribution < 1.29 is 0 Å². The lowest BCUT2D eigenvalue weighted by Crippen LogP contribution is -2.32. The molecule has 0 aromatic carbocycles. The predicted molar refractivity (Wildman–Crippen MR) is 67.8 cm³/mol. The summed E-state index contributed by atoms with van der Waals surface area (Å²) in [7, 11) is 2.00. The molecule has 6 nitrogen and oxygen atoms in total. The van der Waals surface area contributed by atoms with Crippen LogP contribution in [-0.4, -0.2) is 39.1 Å². The highest BCUT2D eigenvalue weighted by atomic mass is 15.4. The van der Waals surface area contributed by atoms with Crippen molar-refractivity contribution in [3.05, 3.63) is 12.2 Å². The van der Waals surface area contributed by atoms with Gasteiger partial charge in [0, 0.05) is 18.5 Å². The first kappa shape index (κ1) is 13.6. The second-order valence-electron chi connectivity index (χ2n) is 4.77. The van der Waals surface area contributed by atoms with Crippen molar-refractivity contribution in [1.29, 1.82) is 5.41 Å². The van der Waals surface area contributed by atoms with Crippen LogP contribution in [0.3, 0.4) is 0 Å². The van der Waals surface area contributed by atoms with Gasteiger partial charge in [0.25, 0.3) is 0 Å². The molecular weight excluding hydrogens is 216 g/mol. The maximum absolute atomic E-state index is 7.37. The summed E-state index contributed by atoms with van der Waals surface area (Å²) in [6.45, 7) is 7.58. The van der Waals surface area contributed by atoms with E-state index in [2.05, 4.69) is 28.8 Å². The van der Waals surface area contributed by atoms with Crippen LogP contribution in [0.5, 0.6) is 0 Å². The summed E-state index contributed by atoms with van der Waals surface area (Å²) < 4.78 is 1.91. The third-order valence-electron chi connectivity index (χ3n) is 2.66. The van der Waals surface area contributed by atoms with E-state index < -0.39 is 0 Å². The maximum Gasteiger partial charge on any atom is 0.141 e. The maximum atomic E-state index is 7.37. The number of aromatic nitrogens is 3. The van der Waals surface area contributed by atoms with Crippen molar-refractivity contribution in [2.45, 2.75) is 33.4 Å². The van der Waals surface area contributed by atoms with E-state index in [9.17, 15) is 0 Å². The average Bonchev–Trinajstić information content (AvgIpc) is 2.65. The number of hydrogen-bond donors (Lipinski definition) is 2.